The fraction of sp³-hybridized carbons (Fsp3) is 0.524. The molecule has 4 N–H and O–H groups in total. The van der Waals surface area contributed by atoms with E-state index < -0.39 is 17.4 Å². The second kappa shape index (κ2) is 7.70. The maximum Gasteiger partial charge on any atom is 0.416 e. The smallest absolute Gasteiger partial charge is 0.383 e. The van der Waals surface area contributed by atoms with Crippen LogP contribution in [0.25, 0.3) is 5.69 Å². The average molecular weight is 421 g/mol. The predicted molar refractivity (Wildman–Crippen MR) is 108 cm³/mol. The molecule has 1 saturated heterocycles. The van der Waals surface area contributed by atoms with E-state index in [4.69, 9.17) is 11.5 Å². The normalized spacial score (nSPS) is 24.6. The fourth-order valence-corrected chi connectivity index (χ4v) is 4.88. The summed E-state index contributed by atoms with van der Waals surface area (Å²) in [7, 11) is 0. The molecule has 1 aliphatic heterocycles. The number of nitrogens with two attached hydrogens (primary N) is 2. The van der Waals surface area contributed by atoms with Crippen molar-refractivity contribution >= 4 is 5.82 Å². The molecule has 2 heterocycles. The van der Waals surface area contributed by atoms with Gasteiger partial charge in [-0.1, -0.05) is 13.0 Å². The molecule has 4 atom stereocenters. The zero-order chi connectivity index (χ0) is 21.6. The Morgan fingerprint density at radius 3 is 2.50 bits per heavy atom. The predicted octanol–water partition coefficient (Wildman–Crippen LogP) is 2.29. The third-order valence-electron chi connectivity index (χ3n) is 6.62. The van der Waals surface area contributed by atoms with E-state index >= 15 is 0 Å². The molecule has 0 bridgehead atoms. The fourth-order valence-electron chi connectivity index (χ4n) is 4.88. The highest BCUT2D eigenvalue weighted by Gasteiger charge is 2.55. The van der Waals surface area contributed by atoms with Crippen LogP contribution < -0.4 is 17.2 Å². The highest BCUT2D eigenvalue weighted by atomic mass is 19.4. The average Bonchev–Trinajstić information content (AvgIpc) is 3.16. The van der Waals surface area contributed by atoms with Crippen LogP contribution in [-0.4, -0.2) is 40.1 Å². The number of nitrogens with zero attached hydrogens (tertiary/aromatic N) is 3. The van der Waals surface area contributed by atoms with Crippen molar-refractivity contribution in [3.63, 3.8) is 0 Å². The van der Waals surface area contributed by atoms with E-state index in [1.807, 2.05) is 6.92 Å². The van der Waals surface area contributed by atoms with Crippen molar-refractivity contribution in [2.24, 2.45) is 23.5 Å². The van der Waals surface area contributed by atoms with Crippen LogP contribution in [0.1, 0.15) is 24.5 Å². The number of aromatic nitrogens is 2. The van der Waals surface area contributed by atoms with Gasteiger partial charge in [-0.3, -0.25) is 9.47 Å². The topological polar surface area (TPSA) is 90.2 Å². The molecule has 4 rings (SSSR count). The number of alkyl halides is 3. The third-order valence-corrected chi connectivity index (χ3v) is 6.62. The van der Waals surface area contributed by atoms with Gasteiger partial charge in [-0.15, -0.1) is 0 Å². The van der Waals surface area contributed by atoms with E-state index in [9.17, 15) is 18.0 Å². The maximum absolute atomic E-state index is 13.9. The Balaban J connectivity index is 1.60. The molecule has 0 radical (unpaired) electrons. The molecule has 0 spiro atoms. The maximum atomic E-state index is 13.9. The van der Waals surface area contributed by atoms with Gasteiger partial charge in [0.25, 0.3) is 0 Å². The molecule has 2 fully saturated rings. The van der Waals surface area contributed by atoms with Crippen LogP contribution in [0.4, 0.5) is 19.0 Å². The van der Waals surface area contributed by atoms with Crippen molar-refractivity contribution in [3.05, 3.63) is 52.1 Å². The number of anilines is 1. The van der Waals surface area contributed by atoms with Crippen LogP contribution in [0.5, 0.6) is 0 Å². The minimum absolute atomic E-state index is 0.0234. The summed E-state index contributed by atoms with van der Waals surface area (Å²) in [5.74, 6) is 1.79. The van der Waals surface area contributed by atoms with E-state index in [-0.39, 0.29) is 23.1 Å². The Bertz CT molecular complexity index is 977. The van der Waals surface area contributed by atoms with E-state index in [1.54, 1.807) is 0 Å². The van der Waals surface area contributed by atoms with Gasteiger partial charge in [0.05, 0.1) is 11.3 Å². The summed E-state index contributed by atoms with van der Waals surface area (Å²) in [4.78, 5) is 17.9. The Labute approximate surface area is 172 Å². The second-order valence-corrected chi connectivity index (χ2v) is 8.29. The highest BCUT2D eigenvalue weighted by molar-refractivity contribution is 5.43. The minimum Gasteiger partial charge on any atom is -0.383 e. The van der Waals surface area contributed by atoms with E-state index in [0.29, 0.717) is 30.7 Å². The molecule has 1 aliphatic carbocycles. The molecular weight excluding hydrogens is 395 g/mol. The molecule has 2 aromatic rings. The summed E-state index contributed by atoms with van der Waals surface area (Å²) in [6.45, 7) is 4.53. The minimum atomic E-state index is -4.52. The lowest BCUT2D eigenvalue weighted by atomic mass is 9.96. The van der Waals surface area contributed by atoms with Crippen LogP contribution in [0.3, 0.4) is 0 Å². The van der Waals surface area contributed by atoms with Gasteiger partial charge in [-0.05, 0) is 60.9 Å². The molecule has 1 saturated carbocycles. The number of fused-ring (bicyclic) bond motifs is 1. The van der Waals surface area contributed by atoms with Crippen molar-refractivity contribution in [2.45, 2.75) is 32.0 Å². The van der Waals surface area contributed by atoms with Gasteiger partial charge in [-0.2, -0.15) is 18.2 Å². The summed E-state index contributed by atoms with van der Waals surface area (Å²) in [6, 6.07) is 5.45. The number of halogens is 3. The van der Waals surface area contributed by atoms with Gasteiger partial charge < -0.3 is 11.5 Å². The first-order chi connectivity index (χ1) is 14.2. The third kappa shape index (κ3) is 3.83. The molecule has 162 valence electrons. The Morgan fingerprint density at radius 1 is 1.23 bits per heavy atom. The molecule has 9 heteroatoms. The molecule has 1 aromatic heterocycles. The van der Waals surface area contributed by atoms with Crippen molar-refractivity contribution in [3.8, 4) is 5.69 Å². The Kier molecular flexibility index (Phi) is 5.36. The number of rotatable bonds is 6. The van der Waals surface area contributed by atoms with Crippen molar-refractivity contribution < 1.29 is 13.2 Å². The van der Waals surface area contributed by atoms with Gasteiger partial charge in [0.15, 0.2) is 0 Å². The lowest BCUT2D eigenvalue weighted by Crippen LogP contribution is -2.37. The van der Waals surface area contributed by atoms with Gasteiger partial charge in [0.1, 0.15) is 5.82 Å². The molecule has 0 amide bonds. The Hall–Kier alpha value is -2.39. The number of hydrogen-bond donors (Lipinski definition) is 2. The lowest BCUT2D eigenvalue weighted by molar-refractivity contribution is -0.138. The van der Waals surface area contributed by atoms with Crippen molar-refractivity contribution in [1.29, 1.82) is 0 Å². The molecule has 1 aromatic carbocycles. The standard InChI is InChI=1S/C21H26F3N5O/c1-2-13(28-10-16-15(9-25)17(16)11-28)7-12-3-4-14(8-18(12)21(22,23)24)29-6-5-19(26)27-20(29)30/h3-6,8,13,15-17H,2,7,9-11,25H2,1H3,(H2,26,27,30)/t13?,15?,16-,17+. The Morgan fingerprint density at radius 2 is 1.93 bits per heavy atom. The molecule has 6 nitrogen and oxygen atoms in total. The first-order valence-electron chi connectivity index (χ1n) is 10.2. The second-order valence-electron chi connectivity index (χ2n) is 8.29. The number of likely N-dealkylation sites (tertiary alicyclic amines) is 1. The van der Waals surface area contributed by atoms with E-state index in [1.165, 1.54) is 24.4 Å². The summed E-state index contributed by atoms with van der Waals surface area (Å²) < 4.78 is 42.6. The van der Waals surface area contributed by atoms with Gasteiger partial charge in [0, 0.05) is 25.3 Å². The quantitative estimate of drug-likeness (QED) is 0.747. The molecule has 2 unspecified atom stereocenters. The van der Waals surface area contributed by atoms with Crippen LogP contribution >= 0.6 is 0 Å². The van der Waals surface area contributed by atoms with Gasteiger partial charge in [-0.25, -0.2) is 4.79 Å². The SMILES string of the molecule is CCC(Cc1ccc(-n2ccc(N)nc2=O)cc1C(F)(F)F)N1C[C@@H]2C(CN)[C@@H]2C1. The summed E-state index contributed by atoms with van der Waals surface area (Å²) in [5.41, 5.74) is 10.2. The summed E-state index contributed by atoms with van der Waals surface area (Å²) >= 11 is 0. The number of benzene rings is 1. The van der Waals surface area contributed by atoms with Gasteiger partial charge >= 0.3 is 11.9 Å². The van der Waals surface area contributed by atoms with Crippen LogP contribution in [0, 0.1) is 17.8 Å². The monoisotopic (exact) mass is 421 g/mol. The largest absolute Gasteiger partial charge is 0.416 e. The molecular formula is C21H26F3N5O. The summed E-state index contributed by atoms with van der Waals surface area (Å²) in [5, 5.41) is 0. The van der Waals surface area contributed by atoms with E-state index in [2.05, 4.69) is 9.88 Å². The zero-order valence-corrected chi connectivity index (χ0v) is 16.8. The summed E-state index contributed by atoms with van der Waals surface area (Å²) in [6.07, 6.45) is -2.11. The van der Waals surface area contributed by atoms with Crippen LogP contribution in [-0.2, 0) is 12.6 Å². The lowest BCUT2D eigenvalue weighted by Gasteiger charge is -2.30. The van der Waals surface area contributed by atoms with Crippen molar-refractivity contribution in [2.75, 3.05) is 25.4 Å². The number of nitrogen functional groups attached to an aromatic ring is 1. The molecule has 2 aliphatic rings. The van der Waals surface area contributed by atoms with Gasteiger partial charge in [0.2, 0.25) is 0 Å². The number of hydrogen-bond acceptors (Lipinski definition) is 5. The zero-order valence-electron chi connectivity index (χ0n) is 16.8. The molecule has 30 heavy (non-hydrogen) atoms. The highest BCUT2D eigenvalue weighted by Crippen LogP contribution is 2.51. The number of piperidine rings is 1. The van der Waals surface area contributed by atoms with Crippen LogP contribution in [0.2, 0.25) is 0 Å². The van der Waals surface area contributed by atoms with Crippen molar-refractivity contribution in [1.82, 2.24) is 14.5 Å². The first kappa shape index (κ1) is 20.9. The van der Waals surface area contributed by atoms with E-state index in [0.717, 1.165) is 30.1 Å². The van der Waals surface area contributed by atoms with Crippen LogP contribution in [0.15, 0.2) is 35.3 Å². The first-order valence-corrected chi connectivity index (χ1v) is 10.2.